The van der Waals surface area contributed by atoms with Crippen LogP contribution in [0, 0.1) is 0 Å². The van der Waals surface area contributed by atoms with Gasteiger partial charge < -0.3 is 15.1 Å². The lowest BCUT2D eigenvalue weighted by Gasteiger charge is -2.35. The number of carbonyl (C=O) groups excluding carboxylic acids is 1. The molecule has 1 rings (SSSR count). The van der Waals surface area contributed by atoms with Gasteiger partial charge >= 0.3 is 0 Å². The third-order valence-electron chi connectivity index (χ3n) is 3.44. The van der Waals surface area contributed by atoms with Gasteiger partial charge in [0.1, 0.15) is 0 Å². The lowest BCUT2D eigenvalue weighted by atomic mass is 10.0. The van der Waals surface area contributed by atoms with Gasteiger partial charge in [0, 0.05) is 38.1 Å². The van der Waals surface area contributed by atoms with E-state index < -0.39 is 0 Å². The first-order chi connectivity index (χ1) is 8.00. The fourth-order valence-electron chi connectivity index (χ4n) is 2.26. The topological polar surface area (TPSA) is 35.6 Å². The Kier molecular flexibility index (Phi) is 5.92. The maximum Gasteiger partial charge on any atom is 0.223 e. The molecule has 0 unspecified atom stereocenters. The first-order valence-corrected chi connectivity index (χ1v) is 6.68. The summed E-state index contributed by atoms with van der Waals surface area (Å²) in [4.78, 5) is 16.2. The van der Waals surface area contributed by atoms with E-state index in [0.717, 1.165) is 32.5 Å². The van der Waals surface area contributed by atoms with E-state index in [-0.39, 0.29) is 0 Å². The molecule has 1 saturated heterocycles. The Morgan fingerprint density at radius 1 is 1.35 bits per heavy atom. The molecule has 0 aromatic rings. The highest BCUT2D eigenvalue weighted by molar-refractivity contribution is 5.76. The zero-order valence-electron chi connectivity index (χ0n) is 11.7. The van der Waals surface area contributed by atoms with E-state index in [1.54, 1.807) is 0 Å². The second kappa shape index (κ2) is 6.97. The third kappa shape index (κ3) is 5.04. The van der Waals surface area contributed by atoms with Gasteiger partial charge in [0.05, 0.1) is 0 Å². The van der Waals surface area contributed by atoms with Crippen molar-refractivity contribution >= 4 is 5.91 Å². The molecule has 1 N–H and O–H groups in total. The van der Waals surface area contributed by atoms with Gasteiger partial charge in [0.2, 0.25) is 5.91 Å². The van der Waals surface area contributed by atoms with Crippen molar-refractivity contribution in [3.05, 3.63) is 0 Å². The van der Waals surface area contributed by atoms with Crippen LogP contribution >= 0.6 is 0 Å². The Morgan fingerprint density at radius 2 is 1.94 bits per heavy atom. The second-order valence-electron chi connectivity index (χ2n) is 5.43. The molecule has 0 bridgehead atoms. The number of piperidine rings is 1. The Bertz CT molecular complexity index is 233. The van der Waals surface area contributed by atoms with Crippen LogP contribution in [0.2, 0.25) is 0 Å². The maximum absolute atomic E-state index is 11.9. The van der Waals surface area contributed by atoms with E-state index in [1.807, 2.05) is 4.90 Å². The first kappa shape index (κ1) is 14.5. The minimum Gasteiger partial charge on any atom is -0.343 e. The number of hydrogen-bond acceptors (Lipinski definition) is 3. The van der Waals surface area contributed by atoms with Gasteiger partial charge in [-0.25, -0.2) is 0 Å². The van der Waals surface area contributed by atoms with E-state index in [2.05, 4.69) is 38.2 Å². The smallest absolute Gasteiger partial charge is 0.223 e. The molecule has 0 aliphatic carbocycles. The van der Waals surface area contributed by atoms with Crippen molar-refractivity contribution in [3.8, 4) is 0 Å². The average molecular weight is 241 g/mol. The molecule has 0 atom stereocenters. The fourth-order valence-corrected chi connectivity index (χ4v) is 2.26. The zero-order valence-corrected chi connectivity index (χ0v) is 11.7. The Morgan fingerprint density at radius 3 is 2.41 bits per heavy atom. The van der Waals surface area contributed by atoms with Crippen LogP contribution < -0.4 is 5.32 Å². The third-order valence-corrected chi connectivity index (χ3v) is 3.44. The molecule has 1 aliphatic rings. The number of carbonyl (C=O) groups is 1. The average Bonchev–Trinajstić information content (AvgIpc) is 2.28. The number of hydrogen-bond donors (Lipinski definition) is 1. The normalized spacial score (nSPS) is 18.1. The summed E-state index contributed by atoms with van der Waals surface area (Å²) in [6.45, 7) is 6.84. The van der Waals surface area contributed by atoms with Crippen molar-refractivity contribution < 1.29 is 4.79 Å². The van der Waals surface area contributed by atoms with E-state index in [4.69, 9.17) is 0 Å². The van der Waals surface area contributed by atoms with Crippen LogP contribution in [0.5, 0.6) is 0 Å². The van der Waals surface area contributed by atoms with Crippen LogP contribution in [-0.4, -0.2) is 61.5 Å². The van der Waals surface area contributed by atoms with Crippen molar-refractivity contribution in [2.75, 3.05) is 33.7 Å². The lowest BCUT2D eigenvalue weighted by Crippen LogP contribution is -2.45. The van der Waals surface area contributed by atoms with Crippen molar-refractivity contribution in [2.45, 2.75) is 45.2 Å². The molecule has 4 nitrogen and oxygen atoms in total. The number of nitrogens with one attached hydrogen (secondary N) is 1. The van der Waals surface area contributed by atoms with E-state index in [0.29, 0.717) is 24.4 Å². The molecule has 17 heavy (non-hydrogen) atoms. The molecule has 1 heterocycles. The zero-order chi connectivity index (χ0) is 12.8. The summed E-state index contributed by atoms with van der Waals surface area (Å²) in [5, 5.41) is 3.29. The molecule has 0 aromatic carbocycles. The highest BCUT2D eigenvalue weighted by atomic mass is 16.2. The fraction of sp³-hybridized carbons (Fsp3) is 0.923. The molecule has 1 amide bonds. The van der Waals surface area contributed by atoms with E-state index in [9.17, 15) is 4.79 Å². The van der Waals surface area contributed by atoms with Crippen LogP contribution in [-0.2, 0) is 4.79 Å². The lowest BCUT2D eigenvalue weighted by molar-refractivity contribution is -0.132. The summed E-state index contributed by atoms with van der Waals surface area (Å²) < 4.78 is 0. The Labute approximate surface area is 105 Å². The van der Waals surface area contributed by atoms with E-state index in [1.165, 1.54) is 0 Å². The van der Waals surface area contributed by atoms with Crippen molar-refractivity contribution in [1.29, 1.82) is 0 Å². The quantitative estimate of drug-likeness (QED) is 0.778. The largest absolute Gasteiger partial charge is 0.343 e. The van der Waals surface area contributed by atoms with Crippen LogP contribution in [0.3, 0.4) is 0 Å². The molecular weight excluding hydrogens is 214 g/mol. The Hall–Kier alpha value is -0.610. The van der Waals surface area contributed by atoms with Crippen molar-refractivity contribution in [3.63, 3.8) is 0 Å². The number of amides is 1. The standard InChI is InChI=1S/C13H27N3O/c1-11(2)14-8-5-13(17)16-9-6-12(7-10-16)15(3)4/h11-12,14H,5-10H2,1-4H3. The number of likely N-dealkylation sites (tertiary alicyclic amines) is 1. The van der Waals surface area contributed by atoms with Gasteiger partial charge in [-0.2, -0.15) is 0 Å². The van der Waals surface area contributed by atoms with Gasteiger partial charge in [-0.3, -0.25) is 4.79 Å². The summed E-state index contributed by atoms with van der Waals surface area (Å²) in [5.41, 5.74) is 0. The molecule has 0 aromatic heterocycles. The monoisotopic (exact) mass is 241 g/mol. The summed E-state index contributed by atoms with van der Waals surface area (Å²) in [7, 11) is 4.24. The van der Waals surface area contributed by atoms with Crippen LogP contribution in [0.4, 0.5) is 0 Å². The second-order valence-corrected chi connectivity index (χ2v) is 5.43. The maximum atomic E-state index is 11.9. The van der Waals surface area contributed by atoms with Crippen LogP contribution in [0.15, 0.2) is 0 Å². The summed E-state index contributed by atoms with van der Waals surface area (Å²) in [5.74, 6) is 0.301. The number of nitrogens with zero attached hydrogens (tertiary/aromatic N) is 2. The summed E-state index contributed by atoms with van der Waals surface area (Å²) in [6.07, 6.45) is 2.84. The summed E-state index contributed by atoms with van der Waals surface area (Å²) in [6, 6.07) is 1.11. The van der Waals surface area contributed by atoms with Gasteiger partial charge in [-0.1, -0.05) is 13.8 Å². The van der Waals surface area contributed by atoms with Gasteiger partial charge in [-0.15, -0.1) is 0 Å². The van der Waals surface area contributed by atoms with Crippen molar-refractivity contribution in [1.82, 2.24) is 15.1 Å². The summed E-state index contributed by atoms with van der Waals surface area (Å²) >= 11 is 0. The molecule has 0 radical (unpaired) electrons. The van der Waals surface area contributed by atoms with Gasteiger partial charge in [0.25, 0.3) is 0 Å². The van der Waals surface area contributed by atoms with Gasteiger partial charge in [0.15, 0.2) is 0 Å². The van der Waals surface area contributed by atoms with E-state index >= 15 is 0 Å². The molecule has 0 spiro atoms. The predicted molar refractivity (Wildman–Crippen MR) is 71.0 cm³/mol. The molecule has 4 heteroatoms. The molecule has 0 saturated carbocycles. The molecule has 1 aliphatic heterocycles. The molecular formula is C13H27N3O. The minimum absolute atomic E-state index is 0.301. The SMILES string of the molecule is CC(C)NCCC(=O)N1CCC(N(C)C)CC1. The molecule has 100 valence electrons. The van der Waals surface area contributed by atoms with Crippen LogP contribution in [0.1, 0.15) is 33.1 Å². The highest BCUT2D eigenvalue weighted by Crippen LogP contribution is 2.14. The minimum atomic E-state index is 0.301. The Balaban J connectivity index is 2.21. The number of rotatable bonds is 5. The highest BCUT2D eigenvalue weighted by Gasteiger charge is 2.23. The first-order valence-electron chi connectivity index (χ1n) is 6.68. The van der Waals surface area contributed by atoms with Crippen LogP contribution in [0.25, 0.3) is 0 Å². The van der Waals surface area contributed by atoms with Gasteiger partial charge in [-0.05, 0) is 26.9 Å². The van der Waals surface area contributed by atoms with Crippen molar-refractivity contribution in [2.24, 2.45) is 0 Å². The predicted octanol–water partition coefficient (Wildman–Crippen LogP) is 0.927. The molecule has 1 fully saturated rings.